The van der Waals surface area contributed by atoms with Crippen LogP contribution in [0.25, 0.3) is 17.2 Å². The second-order valence-corrected chi connectivity index (χ2v) is 8.59. The minimum Gasteiger partial charge on any atom is -0.393 e. The number of nitrogens with one attached hydrogen (secondary N) is 1. The van der Waals surface area contributed by atoms with Gasteiger partial charge in [0.1, 0.15) is 0 Å². The largest absolute Gasteiger partial charge is 0.393 e. The van der Waals surface area contributed by atoms with Crippen LogP contribution in [0.2, 0.25) is 5.02 Å². The topological polar surface area (TPSA) is 52.6 Å². The minimum atomic E-state index is -0.162. The van der Waals surface area contributed by atoms with Crippen LogP contribution in [0.5, 0.6) is 0 Å². The van der Waals surface area contributed by atoms with E-state index in [0.717, 1.165) is 59.9 Å². The van der Waals surface area contributed by atoms with Crippen LogP contribution in [0.15, 0.2) is 78.9 Å². The number of benzene rings is 3. The average molecular weight is 447 g/mol. The van der Waals surface area contributed by atoms with Gasteiger partial charge in [-0.25, -0.2) is 0 Å². The van der Waals surface area contributed by atoms with E-state index in [1.807, 2.05) is 72.8 Å². The molecule has 0 bridgehead atoms. The van der Waals surface area contributed by atoms with Crippen LogP contribution in [-0.2, 0) is 11.3 Å². The maximum Gasteiger partial charge on any atom is 0.248 e. The van der Waals surface area contributed by atoms with Gasteiger partial charge in [-0.05, 0) is 65.4 Å². The maximum absolute atomic E-state index is 12.3. The fourth-order valence-electron chi connectivity index (χ4n) is 3.81. The minimum absolute atomic E-state index is 0.154. The van der Waals surface area contributed by atoms with Crippen LogP contribution in [0.4, 0.5) is 5.69 Å². The third-order valence-electron chi connectivity index (χ3n) is 5.70. The summed E-state index contributed by atoms with van der Waals surface area (Å²) in [4.78, 5) is 14.6. The number of nitrogens with zero attached hydrogens (tertiary/aromatic N) is 1. The molecule has 1 aliphatic rings. The number of aliphatic hydroxyl groups is 1. The standard InChI is InChI=1S/C27H27ClN2O2/c28-24-10-8-23(9-11-24)22-6-1-20(2-7-22)5-14-27(32)29-25-12-3-21(4-13-25)19-30-17-15-26(31)16-18-30/h1-14,26,31H,15-19H2,(H,29,32)/b14-5+. The monoisotopic (exact) mass is 446 g/mol. The molecule has 5 heteroatoms. The molecule has 0 unspecified atom stereocenters. The molecule has 1 amide bonds. The van der Waals surface area contributed by atoms with Crippen molar-refractivity contribution in [1.82, 2.24) is 4.90 Å². The van der Waals surface area contributed by atoms with E-state index >= 15 is 0 Å². The summed E-state index contributed by atoms with van der Waals surface area (Å²) in [5, 5.41) is 13.2. The third-order valence-corrected chi connectivity index (χ3v) is 5.95. The summed E-state index contributed by atoms with van der Waals surface area (Å²) < 4.78 is 0. The molecule has 1 aliphatic heterocycles. The van der Waals surface area contributed by atoms with Crippen LogP contribution in [0.3, 0.4) is 0 Å². The molecule has 0 spiro atoms. The van der Waals surface area contributed by atoms with Gasteiger partial charge in [0.25, 0.3) is 0 Å². The van der Waals surface area contributed by atoms with E-state index in [1.54, 1.807) is 12.2 Å². The lowest BCUT2D eigenvalue weighted by atomic mass is 10.0. The Bertz CT molecular complexity index is 1050. The SMILES string of the molecule is O=C(/C=C/c1ccc(-c2ccc(Cl)cc2)cc1)Nc1ccc(CN2CCC(O)CC2)cc1. The van der Waals surface area contributed by atoms with Gasteiger partial charge in [0.15, 0.2) is 0 Å². The molecule has 0 radical (unpaired) electrons. The number of hydrogen-bond donors (Lipinski definition) is 2. The predicted octanol–water partition coefficient (Wildman–Crippen LogP) is 5.62. The Morgan fingerprint density at radius 1 is 0.938 bits per heavy atom. The first-order valence-corrected chi connectivity index (χ1v) is 11.3. The van der Waals surface area contributed by atoms with Crippen molar-refractivity contribution >= 4 is 29.3 Å². The number of halogens is 1. The Morgan fingerprint density at radius 2 is 1.53 bits per heavy atom. The molecule has 1 saturated heterocycles. The number of carbonyl (C=O) groups is 1. The van der Waals surface area contributed by atoms with E-state index in [2.05, 4.69) is 10.2 Å². The van der Waals surface area contributed by atoms with Gasteiger partial charge >= 0.3 is 0 Å². The molecule has 3 aromatic carbocycles. The lowest BCUT2D eigenvalue weighted by Crippen LogP contribution is -2.35. The highest BCUT2D eigenvalue weighted by Crippen LogP contribution is 2.22. The van der Waals surface area contributed by atoms with Gasteiger partial charge in [0, 0.05) is 36.4 Å². The first-order valence-electron chi connectivity index (χ1n) is 10.9. The predicted molar refractivity (Wildman–Crippen MR) is 132 cm³/mol. The van der Waals surface area contributed by atoms with Gasteiger partial charge in [-0.1, -0.05) is 60.1 Å². The molecular weight excluding hydrogens is 420 g/mol. The van der Waals surface area contributed by atoms with Gasteiger partial charge in [-0.3, -0.25) is 9.69 Å². The zero-order valence-electron chi connectivity index (χ0n) is 17.9. The molecule has 4 rings (SSSR count). The lowest BCUT2D eigenvalue weighted by molar-refractivity contribution is -0.111. The highest BCUT2D eigenvalue weighted by molar-refractivity contribution is 6.30. The summed E-state index contributed by atoms with van der Waals surface area (Å²) in [6, 6.07) is 23.7. The molecule has 164 valence electrons. The van der Waals surface area contributed by atoms with E-state index in [0.29, 0.717) is 0 Å². The van der Waals surface area contributed by atoms with Gasteiger partial charge in [-0.15, -0.1) is 0 Å². The molecule has 2 N–H and O–H groups in total. The normalized spacial score (nSPS) is 15.2. The van der Waals surface area contributed by atoms with E-state index in [4.69, 9.17) is 11.6 Å². The number of carbonyl (C=O) groups excluding carboxylic acids is 1. The summed E-state index contributed by atoms with van der Waals surface area (Å²) >= 11 is 5.95. The maximum atomic E-state index is 12.3. The van der Waals surface area contributed by atoms with Crippen LogP contribution in [0.1, 0.15) is 24.0 Å². The summed E-state index contributed by atoms with van der Waals surface area (Å²) in [6.07, 6.45) is 4.87. The third kappa shape index (κ3) is 6.30. The highest BCUT2D eigenvalue weighted by Gasteiger charge is 2.16. The molecule has 4 nitrogen and oxygen atoms in total. The molecule has 1 fully saturated rings. The van der Waals surface area contributed by atoms with Crippen molar-refractivity contribution in [2.45, 2.75) is 25.5 Å². The molecule has 0 aliphatic carbocycles. The van der Waals surface area contributed by atoms with Crippen LogP contribution < -0.4 is 5.32 Å². The fourth-order valence-corrected chi connectivity index (χ4v) is 3.94. The van der Waals surface area contributed by atoms with Crippen molar-refractivity contribution in [3.8, 4) is 11.1 Å². The molecule has 3 aromatic rings. The van der Waals surface area contributed by atoms with Crippen LogP contribution >= 0.6 is 11.6 Å². The summed E-state index contributed by atoms with van der Waals surface area (Å²) in [7, 11) is 0. The van der Waals surface area contributed by atoms with Gasteiger partial charge in [-0.2, -0.15) is 0 Å². The van der Waals surface area contributed by atoms with Crippen molar-refractivity contribution in [3.63, 3.8) is 0 Å². The van der Waals surface area contributed by atoms with E-state index < -0.39 is 0 Å². The zero-order chi connectivity index (χ0) is 22.3. The Labute approximate surface area is 194 Å². The number of anilines is 1. The Morgan fingerprint density at radius 3 is 2.16 bits per heavy atom. The summed E-state index contributed by atoms with van der Waals surface area (Å²) in [5.41, 5.74) is 5.14. The Kier molecular flexibility index (Phi) is 7.38. The first-order chi connectivity index (χ1) is 15.5. The summed E-state index contributed by atoms with van der Waals surface area (Å²) in [6.45, 7) is 2.71. The van der Waals surface area contributed by atoms with Crippen molar-refractivity contribution in [2.75, 3.05) is 18.4 Å². The second kappa shape index (κ2) is 10.6. The van der Waals surface area contributed by atoms with Crippen molar-refractivity contribution < 1.29 is 9.90 Å². The van der Waals surface area contributed by atoms with E-state index in [9.17, 15) is 9.90 Å². The smallest absolute Gasteiger partial charge is 0.248 e. The quantitative estimate of drug-likeness (QED) is 0.483. The van der Waals surface area contributed by atoms with Crippen molar-refractivity contribution in [3.05, 3.63) is 95.0 Å². The number of aliphatic hydroxyl groups excluding tert-OH is 1. The lowest BCUT2D eigenvalue weighted by Gasteiger charge is -2.29. The van der Waals surface area contributed by atoms with E-state index in [-0.39, 0.29) is 12.0 Å². The molecule has 0 saturated carbocycles. The molecule has 1 heterocycles. The fraction of sp³-hybridized carbons (Fsp3) is 0.222. The number of amides is 1. The Balaban J connectivity index is 1.29. The number of rotatable bonds is 6. The van der Waals surface area contributed by atoms with Crippen molar-refractivity contribution in [1.29, 1.82) is 0 Å². The highest BCUT2D eigenvalue weighted by atomic mass is 35.5. The van der Waals surface area contributed by atoms with Crippen molar-refractivity contribution in [2.24, 2.45) is 0 Å². The van der Waals surface area contributed by atoms with Crippen LogP contribution in [-0.4, -0.2) is 35.1 Å². The molecule has 0 aromatic heterocycles. The van der Waals surface area contributed by atoms with Crippen LogP contribution in [0, 0.1) is 0 Å². The second-order valence-electron chi connectivity index (χ2n) is 8.16. The van der Waals surface area contributed by atoms with Gasteiger partial charge < -0.3 is 10.4 Å². The molecular formula is C27H27ClN2O2. The van der Waals surface area contributed by atoms with Gasteiger partial charge in [0.2, 0.25) is 5.91 Å². The Hall–Kier alpha value is -2.92. The molecule has 32 heavy (non-hydrogen) atoms. The number of likely N-dealkylation sites (tertiary alicyclic amines) is 1. The zero-order valence-corrected chi connectivity index (χ0v) is 18.6. The first kappa shape index (κ1) is 22.3. The van der Waals surface area contributed by atoms with Gasteiger partial charge in [0.05, 0.1) is 6.10 Å². The number of piperidine rings is 1. The number of hydrogen-bond acceptors (Lipinski definition) is 3. The van der Waals surface area contributed by atoms with E-state index in [1.165, 1.54) is 5.56 Å². The average Bonchev–Trinajstić information content (AvgIpc) is 2.81. The summed E-state index contributed by atoms with van der Waals surface area (Å²) in [5.74, 6) is -0.162. The molecule has 0 atom stereocenters.